The van der Waals surface area contributed by atoms with Gasteiger partial charge in [0.1, 0.15) is 5.82 Å². The van der Waals surface area contributed by atoms with Crippen LogP contribution in [0.15, 0.2) is 41.3 Å². The number of pyridine rings is 1. The van der Waals surface area contributed by atoms with Crippen LogP contribution in [0.5, 0.6) is 5.88 Å². The van der Waals surface area contributed by atoms with E-state index in [1.807, 2.05) is 19.9 Å². The number of rotatable bonds is 4. The van der Waals surface area contributed by atoms with Gasteiger partial charge in [0.05, 0.1) is 12.7 Å². The number of hydrogen-bond donors (Lipinski definition) is 1. The highest BCUT2D eigenvalue weighted by Gasteiger charge is 2.37. The first-order chi connectivity index (χ1) is 13.2. The minimum absolute atomic E-state index is 0.168. The van der Waals surface area contributed by atoms with Gasteiger partial charge in [0.25, 0.3) is 5.56 Å². The Kier molecular flexibility index (Phi) is 5.22. The number of ether oxygens (including phenoxy) is 1. The van der Waals surface area contributed by atoms with Crippen molar-refractivity contribution in [1.82, 2.24) is 15.0 Å². The molecule has 0 bridgehead atoms. The molecule has 0 fully saturated rings. The van der Waals surface area contributed by atoms with E-state index in [0.29, 0.717) is 5.56 Å². The van der Waals surface area contributed by atoms with Crippen LogP contribution in [0.4, 0.5) is 13.2 Å². The smallest absolute Gasteiger partial charge is 0.433 e. The highest BCUT2D eigenvalue weighted by atomic mass is 19.4. The van der Waals surface area contributed by atoms with E-state index in [1.165, 1.54) is 25.4 Å². The van der Waals surface area contributed by atoms with Crippen LogP contribution in [0.2, 0.25) is 0 Å². The molecular formula is C20H18F3N3O2. The van der Waals surface area contributed by atoms with Crippen molar-refractivity contribution in [2.75, 3.05) is 7.11 Å². The molecule has 146 valence electrons. The van der Waals surface area contributed by atoms with Crippen molar-refractivity contribution in [3.63, 3.8) is 0 Å². The summed E-state index contributed by atoms with van der Waals surface area (Å²) in [6.45, 7) is 3.78. The number of benzene rings is 1. The molecule has 0 aliphatic carbocycles. The summed E-state index contributed by atoms with van der Waals surface area (Å²) in [5.74, 6) is 0.00905. The largest absolute Gasteiger partial charge is 0.481 e. The van der Waals surface area contributed by atoms with E-state index in [1.54, 1.807) is 12.1 Å². The predicted molar refractivity (Wildman–Crippen MR) is 98.4 cm³/mol. The van der Waals surface area contributed by atoms with E-state index >= 15 is 0 Å². The van der Waals surface area contributed by atoms with Gasteiger partial charge in [-0.05, 0) is 36.6 Å². The molecule has 0 amide bonds. The average molecular weight is 389 g/mol. The Labute approximate surface area is 159 Å². The molecule has 3 aromatic rings. The number of hydrogen-bond acceptors (Lipinski definition) is 4. The van der Waals surface area contributed by atoms with Crippen LogP contribution < -0.4 is 10.3 Å². The number of alkyl halides is 3. The zero-order valence-corrected chi connectivity index (χ0v) is 15.5. The molecule has 0 saturated heterocycles. The van der Waals surface area contributed by atoms with Gasteiger partial charge in [-0.15, -0.1) is 0 Å². The van der Waals surface area contributed by atoms with Gasteiger partial charge in [0, 0.05) is 24.2 Å². The third-order valence-corrected chi connectivity index (χ3v) is 4.45. The van der Waals surface area contributed by atoms with Gasteiger partial charge in [-0.3, -0.25) is 4.79 Å². The van der Waals surface area contributed by atoms with Crippen LogP contribution in [0.1, 0.15) is 27.9 Å². The molecule has 0 radical (unpaired) electrons. The van der Waals surface area contributed by atoms with Crippen molar-refractivity contribution in [1.29, 1.82) is 0 Å². The lowest BCUT2D eigenvalue weighted by Crippen LogP contribution is -2.24. The van der Waals surface area contributed by atoms with Gasteiger partial charge in [0.15, 0.2) is 5.69 Å². The van der Waals surface area contributed by atoms with E-state index in [0.717, 1.165) is 11.1 Å². The lowest BCUT2D eigenvalue weighted by molar-refractivity contribution is -0.141. The summed E-state index contributed by atoms with van der Waals surface area (Å²) in [5.41, 5.74) is 0.406. The van der Waals surface area contributed by atoms with Gasteiger partial charge in [-0.1, -0.05) is 18.2 Å². The van der Waals surface area contributed by atoms with Crippen LogP contribution in [-0.2, 0) is 12.6 Å². The van der Waals surface area contributed by atoms with Crippen molar-refractivity contribution >= 4 is 0 Å². The van der Waals surface area contributed by atoms with E-state index in [-0.39, 0.29) is 23.7 Å². The summed E-state index contributed by atoms with van der Waals surface area (Å²) >= 11 is 0. The number of aromatic nitrogens is 3. The van der Waals surface area contributed by atoms with E-state index < -0.39 is 23.0 Å². The molecule has 0 atom stereocenters. The summed E-state index contributed by atoms with van der Waals surface area (Å²) in [5, 5.41) is 0. The first kappa shape index (κ1) is 19.6. The average Bonchev–Trinajstić information content (AvgIpc) is 2.65. The number of methoxy groups -OCH3 is 1. The van der Waals surface area contributed by atoms with Crippen molar-refractivity contribution < 1.29 is 17.9 Å². The molecule has 3 rings (SSSR count). The number of halogens is 3. The first-order valence-electron chi connectivity index (χ1n) is 8.46. The maximum absolute atomic E-state index is 13.7. The van der Waals surface area contributed by atoms with Crippen molar-refractivity contribution in [3.8, 4) is 17.3 Å². The molecule has 1 N–H and O–H groups in total. The highest BCUT2D eigenvalue weighted by Crippen LogP contribution is 2.31. The van der Waals surface area contributed by atoms with E-state index in [9.17, 15) is 18.0 Å². The van der Waals surface area contributed by atoms with Gasteiger partial charge >= 0.3 is 6.18 Å². The SMILES string of the molecule is COc1cc(-c2nc(C(F)(F)F)c(Cc3ccc(C)c(C)c3)c(=O)[nH]2)ccn1. The number of nitrogens with one attached hydrogen (secondary N) is 1. The Morgan fingerprint density at radius 2 is 1.86 bits per heavy atom. The fourth-order valence-electron chi connectivity index (χ4n) is 2.82. The second-order valence-corrected chi connectivity index (χ2v) is 6.42. The zero-order valence-electron chi connectivity index (χ0n) is 15.5. The van der Waals surface area contributed by atoms with Gasteiger partial charge in [-0.2, -0.15) is 13.2 Å². The maximum atomic E-state index is 13.7. The predicted octanol–water partition coefficient (Wildman–Crippen LogP) is 4.07. The lowest BCUT2D eigenvalue weighted by Gasteiger charge is -2.14. The van der Waals surface area contributed by atoms with Crippen molar-refractivity contribution in [3.05, 3.63) is 74.8 Å². The van der Waals surface area contributed by atoms with E-state index in [2.05, 4.69) is 15.0 Å². The number of aromatic amines is 1. The summed E-state index contributed by atoms with van der Waals surface area (Å²) in [6, 6.07) is 8.16. The summed E-state index contributed by atoms with van der Waals surface area (Å²) in [6.07, 6.45) is -3.57. The number of nitrogens with zero attached hydrogens (tertiary/aromatic N) is 2. The fourth-order valence-corrected chi connectivity index (χ4v) is 2.82. The topological polar surface area (TPSA) is 67.9 Å². The van der Waals surface area contributed by atoms with Gasteiger partial charge in [0.2, 0.25) is 5.88 Å². The number of H-pyrrole nitrogens is 1. The molecule has 0 aliphatic rings. The minimum Gasteiger partial charge on any atom is -0.481 e. The monoisotopic (exact) mass is 389 g/mol. The van der Waals surface area contributed by atoms with Crippen LogP contribution >= 0.6 is 0 Å². The minimum atomic E-state index is -4.77. The Balaban J connectivity index is 2.12. The molecule has 28 heavy (non-hydrogen) atoms. The molecule has 1 aromatic carbocycles. The van der Waals surface area contributed by atoms with Gasteiger partial charge in [-0.25, -0.2) is 9.97 Å². The molecule has 2 heterocycles. The fraction of sp³-hybridized carbons (Fsp3) is 0.250. The summed E-state index contributed by atoms with van der Waals surface area (Å²) in [7, 11) is 1.39. The normalized spacial score (nSPS) is 11.5. The number of aryl methyl sites for hydroxylation is 2. The molecule has 0 saturated carbocycles. The molecule has 0 unspecified atom stereocenters. The first-order valence-corrected chi connectivity index (χ1v) is 8.46. The van der Waals surface area contributed by atoms with Crippen molar-refractivity contribution in [2.24, 2.45) is 0 Å². The highest BCUT2D eigenvalue weighted by molar-refractivity contribution is 5.56. The molecular weight excluding hydrogens is 371 g/mol. The third kappa shape index (κ3) is 4.05. The standard InChI is InChI=1S/C20H18F3N3O2/c1-11-4-5-13(8-12(11)2)9-15-17(20(21,22)23)25-18(26-19(15)27)14-6-7-24-16(10-14)28-3/h4-8,10H,9H2,1-3H3,(H,25,26,27). The second-order valence-electron chi connectivity index (χ2n) is 6.42. The molecule has 0 aliphatic heterocycles. The van der Waals surface area contributed by atoms with Crippen molar-refractivity contribution in [2.45, 2.75) is 26.4 Å². The van der Waals surface area contributed by atoms with Crippen LogP contribution in [0, 0.1) is 13.8 Å². The zero-order chi connectivity index (χ0) is 20.5. The summed E-state index contributed by atoms with van der Waals surface area (Å²) < 4.78 is 46.0. The Morgan fingerprint density at radius 3 is 2.50 bits per heavy atom. The van der Waals surface area contributed by atoms with Crippen LogP contribution in [0.3, 0.4) is 0 Å². The molecule has 8 heteroatoms. The molecule has 2 aromatic heterocycles. The van der Waals surface area contributed by atoms with Crippen LogP contribution in [0.25, 0.3) is 11.4 Å². The van der Waals surface area contributed by atoms with Gasteiger partial charge < -0.3 is 9.72 Å². The maximum Gasteiger partial charge on any atom is 0.433 e. The quantitative estimate of drug-likeness (QED) is 0.731. The molecule has 0 spiro atoms. The Bertz CT molecular complexity index is 1080. The van der Waals surface area contributed by atoms with Crippen LogP contribution in [-0.4, -0.2) is 22.1 Å². The second kappa shape index (κ2) is 7.46. The lowest BCUT2D eigenvalue weighted by atomic mass is 10.00. The molecule has 5 nitrogen and oxygen atoms in total. The van der Waals surface area contributed by atoms with E-state index in [4.69, 9.17) is 4.74 Å². The summed E-state index contributed by atoms with van der Waals surface area (Å²) in [4.78, 5) is 22.6. The Hall–Kier alpha value is -3.16. The Morgan fingerprint density at radius 1 is 1.11 bits per heavy atom. The third-order valence-electron chi connectivity index (χ3n) is 4.45.